The van der Waals surface area contributed by atoms with Crippen LogP contribution in [0.1, 0.15) is 23.4 Å². The summed E-state index contributed by atoms with van der Waals surface area (Å²) in [6, 6.07) is 5.00. The highest BCUT2D eigenvalue weighted by molar-refractivity contribution is 9.10. The van der Waals surface area contributed by atoms with Crippen LogP contribution in [-0.4, -0.2) is 0 Å². The minimum atomic E-state index is -4.38. The molecule has 1 atom stereocenters. The Hall–Kier alpha value is -0.720. The molecule has 108 valence electrons. The molecule has 1 aromatic heterocycles. The fraction of sp³-hybridized carbons (Fsp3) is 0.231. The zero-order valence-electron chi connectivity index (χ0n) is 10.3. The number of hydrogen-bond donors (Lipinski definition) is 1. The topological polar surface area (TPSA) is 12.0 Å². The third-order valence-corrected chi connectivity index (χ3v) is 5.09. The minimum absolute atomic E-state index is 0.148. The average Bonchev–Trinajstić information content (AvgIpc) is 2.77. The molecule has 0 fully saturated rings. The van der Waals surface area contributed by atoms with Crippen molar-refractivity contribution in [3.8, 4) is 0 Å². The lowest BCUT2D eigenvalue weighted by molar-refractivity contribution is -0.137. The fourth-order valence-electron chi connectivity index (χ4n) is 1.73. The van der Waals surface area contributed by atoms with Crippen molar-refractivity contribution in [3.63, 3.8) is 0 Å². The molecule has 1 nitrogen and oxygen atoms in total. The summed E-state index contributed by atoms with van der Waals surface area (Å²) in [5.41, 5.74) is -0.448. The SMILES string of the molecule is CC(Nc1cc(C(F)(F)F)ccc1Cl)c1sccc1Br. The Morgan fingerprint density at radius 1 is 1.30 bits per heavy atom. The normalized spacial score (nSPS) is 13.3. The lowest BCUT2D eigenvalue weighted by Gasteiger charge is -2.17. The Bertz CT molecular complexity index is 612. The van der Waals surface area contributed by atoms with E-state index >= 15 is 0 Å². The Labute approximate surface area is 131 Å². The number of anilines is 1. The highest BCUT2D eigenvalue weighted by atomic mass is 79.9. The van der Waals surface area contributed by atoms with E-state index in [4.69, 9.17) is 11.6 Å². The van der Waals surface area contributed by atoms with Crippen LogP contribution in [0.5, 0.6) is 0 Å². The Morgan fingerprint density at radius 3 is 2.55 bits per heavy atom. The van der Waals surface area contributed by atoms with Gasteiger partial charge in [-0.15, -0.1) is 11.3 Å². The number of halogens is 5. The molecule has 0 saturated heterocycles. The van der Waals surface area contributed by atoms with Gasteiger partial charge >= 0.3 is 6.18 Å². The fourth-order valence-corrected chi connectivity index (χ4v) is 3.62. The third kappa shape index (κ3) is 3.48. The van der Waals surface area contributed by atoms with E-state index in [9.17, 15) is 13.2 Å². The average molecular weight is 385 g/mol. The van der Waals surface area contributed by atoms with E-state index in [1.165, 1.54) is 17.4 Å². The molecule has 0 aliphatic rings. The first-order valence-corrected chi connectivity index (χ1v) is 7.70. The second kappa shape index (κ2) is 5.95. The second-order valence-corrected chi connectivity index (χ2v) is 6.40. The molecule has 2 aromatic rings. The van der Waals surface area contributed by atoms with E-state index in [0.29, 0.717) is 0 Å². The maximum atomic E-state index is 12.7. The highest BCUT2D eigenvalue weighted by Gasteiger charge is 2.31. The number of nitrogens with one attached hydrogen (secondary N) is 1. The first-order chi connectivity index (χ1) is 9.29. The molecule has 0 aliphatic carbocycles. The van der Waals surface area contributed by atoms with Crippen LogP contribution in [0.2, 0.25) is 5.02 Å². The summed E-state index contributed by atoms with van der Waals surface area (Å²) >= 11 is 10.9. The maximum absolute atomic E-state index is 12.7. The molecule has 7 heteroatoms. The van der Waals surface area contributed by atoms with Crippen LogP contribution in [-0.2, 0) is 6.18 Å². The summed E-state index contributed by atoms with van der Waals surface area (Å²) < 4.78 is 39.0. The van der Waals surface area contributed by atoms with Gasteiger partial charge in [0.25, 0.3) is 0 Å². The molecule has 1 unspecified atom stereocenters. The van der Waals surface area contributed by atoms with Crippen molar-refractivity contribution in [2.24, 2.45) is 0 Å². The highest BCUT2D eigenvalue weighted by Crippen LogP contribution is 2.36. The summed E-state index contributed by atoms with van der Waals surface area (Å²) in [6.45, 7) is 1.87. The summed E-state index contributed by atoms with van der Waals surface area (Å²) in [7, 11) is 0. The first-order valence-electron chi connectivity index (χ1n) is 5.65. The van der Waals surface area contributed by atoms with Gasteiger partial charge in [0.15, 0.2) is 0 Å². The maximum Gasteiger partial charge on any atom is 0.416 e. The monoisotopic (exact) mass is 383 g/mol. The van der Waals surface area contributed by atoms with Gasteiger partial charge in [-0.1, -0.05) is 11.6 Å². The van der Waals surface area contributed by atoms with E-state index in [2.05, 4.69) is 21.2 Å². The largest absolute Gasteiger partial charge is 0.416 e. The van der Waals surface area contributed by atoms with Crippen LogP contribution >= 0.6 is 38.9 Å². The van der Waals surface area contributed by atoms with Crippen LogP contribution < -0.4 is 5.32 Å². The van der Waals surface area contributed by atoms with Crippen LogP contribution in [0.4, 0.5) is 18.9 Å². The van der Waals surface area contributed by atoms with Crippen LogP contribution in [0, 0.1) is 0 Å². The van der Waals surface area contributed by atoms with Gasteiger partial charge < -0.3 is 5.32 Å². The van der Waals surface area contributed by atoms with Crippen molar-refractivity contribution in [2.75, 3.05) is 5.32 Å². The predicted octanol–water partition coefficient (Wildman–Crippen LogP) is 6.36. The second-order valence-electron chi connectivity index (χ2n) is 4.19. The lowest BCUT2D eigenvalue weighted by Crippen LogP contribution is -2.09. The van der Waals surface area contributed by atoms with E-state index in [1.807, 2.05) is 18.4 Å². The van der Waals surface area contributed by atoms with Crippen molar-refractivity contribution in [1.82, 2.24) is 0 Å². The van der Waals surface area contributed by atoms with Crippen molar-refractivity contribution < 1.29 is 13.2 Å². The van der Waals surface area contributed by atoms with Gasteiger partial charge in [0.2, 0.25) is 0 Å². The number of rotatable bonds is 3. The number of thiophene rings is 1. The Balaban J connectivity index is 2.27. The Morgan fingerprint density at radius 2 is 2.00 bits per heavy atom. The molecule has 1 N–H and O–H groups in total. The van der Waals surface area contributed by atoms with E-state index in [-0.39, 0.29) is 16.8 Å². The third-order valence-electron chi connectivity index (χ3n) is 2.70. The molecule has 1 aromatic carbocycles. The molecule has 0 bridgehead atoms. The van der Waals surface area contributed by atoms with Crippen molar-refractivity contribution in [3.05, 3.63) is 49.6 Å². The van der Waals surface area contributed by atoms with Crippen molar-refractivity contribution in [2.45, 2.75) is 19.1 Å². The molecule has 0 spiro atoms. The van der Waals surface area contributed by atoms with Crippen molar-refractivity contribution in [1.29, 1.82) is 0 Å². The number of alkyl halides is 3. The standard InChI is InChI=1S/C13H10BrClF3NS/c1-7(12-9(14)4-5-20-12)19-11-6-8(13(16,17)18)2-3-10(11)15/h2-7,19H,1H3. The molecule has 0 amide bonds. The molecule has 2 rings (SSSR count). The smallest absolute Gasteiger partial charge is 0.376 e. The summed E-state index contributed by atoms with van der Waals surface area (Å²) in [5.74, 6) is 0. The zero-order valence-corrected chi connectivity index (χ0v) is 13.4. The predicted molar refractivity (Wildman–Crippen MR) is 80.5 cm³/mol. The van der Waals surface area contributed by atoms with Crippen LogP contribution in [0.3, 0.4) is 0 Å². The van der Waals surface area contributed by atoms with Crippen molar-refractivity contribution >= 4 is 44.6 Å². The first kappa shape index (κ1) is 15.7. The summed E-state index contributed by atoms with van der Waals surface area (Å²) in [6.07, 6.45) is -4.38. The zero-order chi connectivity index (χ0) is 14.9. The molecule has 0 radical (unpaired) electrons. The lowest BCUT2D eigenvalue weighted by atomic mass is 10.1. The van der Waals surface area contributed by atoms with Gasteiger partial charge in [0.1, 0.15) is 0 Å². The molecular weight excluding hydrogens is 375 g/mol. The summed E-state index contributed by atoms with van der Waals surface area (Å²) in [4.78, 5) is 0.999. The van der Waals surface area contributed by atoms with E-state index in [0.717, 1.165) is 21.5 Å². The molecular formula is C13H10BrClF3NS. The molecule has 0 saturated carbocycles. The molecule has 0 aliphatic heterocycles. The van der Waals surface area contributed by atoms with Gasteiger partial charge in [0, 0.05) is 9.35 Å². The molecule has 20 heavy (non-hydrogen) atoms. The van der Waals surface area contributed by atoms with Crippen LogP contribution in [0.15, 0.2) is 34.1 Å². The van der Waals surface area contributed by atoms with Gasteiger partial charge in [0.05, 0.1) is 22.3 Å². The quantitative estimate of drug-likeness (QED) is 0.649. The summed E-state index contributed by atoms with van der Waals surface area (Å²) in [5, 5.41) is 5.18. The Kier molecular flexibility index (Phi) is 4.66. The molecule has 1 heterocycles. The van der Waals surface area contributed by atoms with Gasteiger partial charge in [-0.2, -0.15) is 13.2 Å². The van der Waals surface area contributed by atoms with Crippen LogP contribution in [0.25, 0.3) is 0 Å². The number of hydrogen-bond acceptors (Lipinski definition) is 2. The van der Waals surface area contributed by atoms with Gasteiger partial charge in [-0.05, 0) is 52.5 Å². The van der Waals surface area contributed by atoms with E-state index in [1.54, 1.807) is 0 Å². The number of benzene rings is 1. The van der Waals surface area contributed by atoms with Gasteiger partial charge in [-0.25, -0.2) is 0 Å². The van der Waals surface area contributed by atoms with Gasteiger partial charge in [-0.3, -0.25) is 0 Å². The minimum Gasteiger partial charge on any atom is -0.376 e. The van der Waals surface area contributed by atoms with E-state index < -0.39 is 11.7 Å².